The van der Waals surface area contributed by atoms with Crippen LogP contribution in [-0.2, 0) is 11.3 Å². The van der Waals surface area contributed by atoms with E-state index < -0.39 is 0 Å². The number of hydrogen-bond acceptors (Lipinski definition) is 3. The third-order valence-electron chi connectivity index (χ3n) is 4.34. The molecule has 5 nitrogen and oxygen atoms in total. The molecule has 0 heterocycles. The van der Waals surface area contributed by atoms with Gasteiger partial charge >= 0.3 is 0 Å². The number of nitrogens with zero attached hydrogens (tertiary/aromatic N) is 1. The third-order valence-corrected chi connectivity index (χ3v) is 4.34. The van der Waals surface area contributed by atoms with Crippen LogP contribution in [0.25, 0.3) is 0 Å². The van der Waals surface area contributed by atoms with Gasteiger partial charge in [0.2, 0.25) is 5.91 Å². The van der Waals surface area contributed by atoms with Crippen molar-refractivity contribution >= 4 is 17.5 Å². The highest BCUT2D eigenvalue weighted by atomic mass is 16.2. The first-order valence-electron chi connectivity index (χ1n) is 9.57. The molecule has 0 bridgehead atoms. The first-order valence-corrected chi connectivity index (χ1v) is 9.57. The molecule has 0 aliphatic rings. The van der Waals surface area contributed by atoms with E-state index in [4.69, 9.17) is 0 Å². The number of nitrogens with one attached hydrogen (secondary N) is 2. The topological polar surface area (TPSA) is 61.4 Å². The van der Waals surface area contributed by atoms with Crippen molar-refractivity contribution in [2.24, 2.45) is 0 Å². The fourth-order valence-corrected chi connectivity index (χ4v) is 2.84. The Balaban J connectivity index is 1.74. The van der Waals surface area contributed by atoms with Crippen molar-refractivity contribution in [3.8, 4) is 0 Å². The second-order valence-corrected chi connectivity index (χ2v) is 6.39. The van der Waals surface area contributed by atoms with Gasteiger partial charge in [0.1, 0.15) is 0 Å². The summed E-state index contributed by atoms with van der Waals surface area (Å²) in [6, 6.07) is 17.4. The standard InChI is InChI=1S/C22H29N3O2/c1-3-16-25(4-2)20-12-10-19(11-13-20)22(27)23-15-14-21(26)24-17-18-8-6-5-7-9-18/h5-13H,3-4,14-17H2,1-2H3,(H,23,27)(H,24,26). The smallest absolute Gasteiger partial charge is 0.251 e. The van der Waals surface area contributed by atoms with Gasteiger partial charge in [0.25, 0.3) is 5.91 Å². The molecule has 0 saturated carbocycles. The minimum atomic E-state index is -0.157. The predicted molar refractivity (Wildman–Crippen MR) is 110 cm³/mol. The summed E-state index contributed by atoms with van der Waals surface area (Å²) in [5.74, 6) is -0.233. The van der Waals surface area contributed by atoms with Crippen molar-refractivity contribution in [1.82, 2.24) is 10.6 Å². The van der Waals surface area contributed by atoms with Crippen LogP contribution in [0, 0.1) is 0 Å². The number of carbonyl (C=O) groups excluding carboxylic acids is 2. The third kappa shape index (κ3) is 6.77. The van der Waals surface area contributed by atoms with Gasteiger partial charge in [-0.1, -0.05) is 37.3 Å². The van der Waals surface area contributed by atoms with Crippen molar-refractivity contribution in [3.05, 3.63) is 65.7 Å². The van der Waals surface area contributed by atoms with Crippen molar-refractivity contribution < 1.29 is 9.59 Å². The van der Waals surface area contributed by atoms with Crippen molar-refractivity contribution in [2.45, 2.75) is 33.2 Å². The van der Waals surface area contributed by atoms with Crippen LogP contribution in [0.2, 0.25) is 0 Å². The largest absolute Gasteiger partial charge is 0.372 e. The van der Waals surface area contributed by atoms with Gasteiger partial charge in [-0.3, -0.25) is 9.59 Å². The lowest BCUT2D eigenvalue weighted by atomic mass is 10.1. The molecular weight excluding hydrogens is 338 g/mol. The number of anilines is 1. The zero-order valence-electron chi connectivity index (χ0n) is 16.2. The van der Waals surface area contributed by atoms with Crippen LogP contribution >= 0.6 is 0 Å². The Kier molecular flexibility index (Phi) is 8.36. The summed E-state index contributed by atoms with van der Waals surface area (Å²) in [5.41, 5.74) is 2.78. The zero-order chi connectivity index (χ0) is 19.5. The molecule has 2 amide bonds. The lowest BCUT2D eigenvalue weighted by Gasteiger charge is -2.22. The van der Waals surface area contributed by atoms with Crippen molar-refractivity contribution in [1.29, 1.82) is 0 Å². The van der Waals surface area contributed by atoms with E-state index in [0.717, 1.165) is 30.8 Å². The van der Waals surface area contributed by atoms with Gasteiger partial charge in [0.05, 0.1) is 0 Å². The molecule has 0 atom stereocenters. The Bertz CT molecular complexity index is 714. The summed E-state index contributed by atoms with van der Waals surface area (Å²) < 4.78 is 0. The minimum Gasteiger partial charge on any atom is -0.372 e. The molecule has 2 aromatic carbocycles. The van der Waals surface area contributed by atoms with Crippen LogP contribution in [0.4, 0.5) is 5.69 Å². The highest BCUT2D eigenvalue weighted by Crippen LogP contribution is 2.15. The highest BCUT2D eigenvalue weighted by molar-refractivity contribution is 5.94. The maximum Gasteiger partial charge on any atom is 0.251 e. The summed E-state index contributed by atoms with van der Waals surface area (Å²) in [7, 11) is 0. The van der Waals surface area contributed by atoms with Gasteiger partial charge in [0, 0.05) is 43.9 Å². The Labute approximate surface area is 161 Å². The van der Waals surface area contributed by atoms with Gasteiger partial charge < -0.3 is 15.5 Å². The van der Waals surface area contributed by atoms with Gasteiger partial charge in [-0.2, -0.15) is 0 Å². The molecule has 0 saturated heterocycles. The molecule has 0 fully saturated rings. The maximum absolute atomic E-state index is 12.2. The van der Waals surface area contributed by atoms with Gasteiger partial charge in [-0.05, 0) is 43.2 Å². The molecular formula is C22H29N3O2. The van der Waals surface area contributed by atoms with E-state index in [2.05, 4.69) is 29.4 Å². The molecule has 5 heteroatoms. The van der Waals surface area contributed by atoms with Crippen molar-refractivity contribution in [3.63, 3.8) is 0 Å². The molecule has 2 aromatic rings. The van der Waals surface area contributed by atoms with E-state index in [9.17, 15) is 9.59 Å². The fourth-order valence-electron chi connectivity index (χ4n) is 2.84. The summed E-state index contributed by atoms with van der Waals surface area (Å²) in [5, 5.41) is 5.66. The van der Waals surface area contributed by atoms with Crippen LogP contribution in [0.5, 0.6) is 0 Å². The molecule has 0 aliphatic heterocycles. The van der Waals surface area contributed by atoms with Gasteiger partial charge in [-0.25, -0.2) is 0 Å². The Hall–Kier alpha value is -2.82. The van der Waals surface area contributed by atoms with Crippen LogP contribution in [-0.4, -0.2) is 31.4 Å². The summed E-state index contributed by atoms with van der Waals surface area (Å²) >= 11 is 0. The SMILES string of the molecule is CCCN(CC)c1ccc(C(=O)NCCC(=O)NCc2ccccc2)cc1. The first kappa shape index (κ1) is 20.5. The van der Waals surface area contributed by atoms with Gasteiger partial charge in [-0.15, -0.1) is 0 Å². The fraction of sp³-hybridized carbons (Fsp3) is 0.364. The summed E-state index contributed by atoms with van der Waals surface area (Å²) in [6.07, 6.45) is 1.35. The summed E-state index contributed by atoms with van der Waals surface area (Å²) in [6.45, 7) is 7.04. The Morgan fingerprint density at radius 1 is 0.926 bits per heavy atom. The normalized spacial score (nSPS) is 10.3. The number of benzene rings is 2. The Morgan fingerprint density at radius 3 is 2.26 bits per heavy atom. The quantitative estimate of drug-likeness (QED) is 0.677. The molecule has 144 valence electrons. The van der Waals surface area contributed by atoms with Gasteiger partial charge in [0.15, 0.2) is 0 Å². The molecule has 0 unspecified atom stereocenters. The monoisotopic (exact) mass is 367 g/mol. The van der Waals surface area contributed by atoms with E-state index in [-0.39, 0.29) is 18.2 Å². The highest BCUT2D eigenvalue weighted by Gasteiger charge is 2.08. The molecule has 0 spiro atoms. The molecule has 27 heavy (non-hydrogen) atoms. The molecule has 2 N–H and O–H groups in total. The van der Waals surface area contributed by atoms with E-state index in [0.29, 0.717) is 18.7 Å². The molecule has 0 aromatic heterocycles. The van der Waals surface area contributed by atoms with Crippen LogP contribution < -0.4 is 15.5 Å². The van der Waals surface area contributed by atoms with Crippen LogP contribution in [0.1, 0.15) is 42.6 Å². The van der Waals surface area contributed by atoms with E-state index in [1.165, 1.54) is 0 Å². The number of hydrogen-bond donors (Lipinski definition) is 2. The number of rotatable bonds is 10. The minimum absolute atomic E-state index is 0.0762. The lowest BCUT2D eigenvalue weighted by Crippen LogP contribution is -2.30. The van der Waals surface area contributed by atoms with Crippen molar-refractivity contribution in [2.75, 3.05) is 24.5 Å². The first-order chi connectivity index (χ1) is 13.1. The molecule has 2 rings (SSSR count). The Morgan fingerprint density at radius 2 is 1.63 bits per heavy atom. The molecule has 0 aliphatic carbocycles. The average molecular weight is 367 g/mol. The van der Waals surface area contributed by atoms with Crippen LogP contribution in [0.3, 0.4) is 0 Å². The zero-order valence-corrected chi connectivity index (χ0v) is 16.2. The van der Waals surface area contributed by atoms with E-state index in [1.54, 1.807) is 0 Å². The maximum atomic E-state index is 12.2. The number of amides is 2. The lowest BCUT2D eigenvalue weighted by molar-refractivity contribution is -0.121. The van der Waals surface area contributed by atoms with Crippen LogP contribution in [0.15, 0.2) is 54.6 Å². The summed E-state index contributed by atoms with van der Waals surface area (Å²) in [4.78, 5) is 26.4. The number of carbonyl (C=O) groups is 2. The van der Waals surface area contributed by atoms with E-state index >= 15 is 0 Å². The molecule has 0 radical (unpaired) electrons. The average Bonchev–Trinajstić information content (AvgIpc) is 2.71. The van der Waals surface area contributed by atoms with E-state index in [1.807, 2.05) is 54.6 Å². The second kappa shape index (κ2) is 11.0. The predicted octanol–water partition coefficient (Wildman–Crippen LogP) is 3.36. The second-order valence-electron chi connectivity index (χ2n) is 6.39.